The molecule has 0 atom stereocenters. The summed E-state index contributed by atoms with van der Waals surface area (Å²) in [5.41, 5.74) is 2.73. The van der Waals surface area contributed by atoms with Crippen molar-refractivity contribution < 1.29 is 14.3 Å². The molecule has 0 unspecified atom stereocenters. The van der Waals surface area contributed by atoms with Crippen molar-refractivity contribution in [1.29, 1.82) is 0 Å². The van der Waals surface area contributed by atoms with Gasteiger partial charge in [0.1, 0.15) is 12.4 Å². The molecular formula is C19H12ClNO3. The summed E-state index contributed by atoms with van der Waals surface area (Å²) >= 11 is 6.01. The van der Waals surface area contributed by atoms with Gasteiger partial charge in [0.2, 0.25) is 5.90 Å². The molecule has 0 saturated carbocycles. The predicted molar refractivity (Wildman–Crippen MR) is 92.1 cm³/mol. The number of cyclic esters (lactones) is 1. The van der Waals surface area contributed by atoms with Crippen molar-refractivity contribution in [2.75, 3.05) is 6.61 Å². The maximum atomic E-state index is 12.0. The van der Waals surface area contributed by atoms with E-state index in [4.69, 9.17) is 21.1 Å². The van der Waals surface area contributed by atoms with Crippen LogP contribution in [0.5, 0.6) is 5.75 Å². The second kappa shape index (κ2) is 5.98. The molecule has 2 aliphatic heterocycles. The fraction of sp³-hybridized carbons (Fsp3) is 0.0526. The third kappa shape index (κ3) is 2.84. The molecule has 0 radical (unpaired) electrons. The first kappa shape index (κ1) is 14.7. The van der Waals surface area contributed by atoms with Gasteiger partial charge in [-0.3, -0.25) is 0 Å². The topological polar surface area (TPSA) is 47.9 Å². The molecular weight excluding hydrogens is 326 g/mol. The Hall–Kier alpha value is -2.85. The highest BCUT2D eigenvalue weighted by molar-refractivity contribution is 6.30. The smallest absolute Gasteiger partial charge is 0.363 e. The molecule has 5 heteroatoms. The van der Waals surface area contributed by atoms with Gasteiger partial charge >= 0.3 is 5.97 Å². The molecule has 4 nitrogen and oxygen atoms in total. The van der Waals surface area contributed by atoms with E-state index < -0.39 is 5.97 Å². The Labute approximate surface area is 143 Å². The fourth-order valence-corrected chi connectivity index (χ4v) is 2.72. The van der Waals surface area contributed by atoms with Crippen LogP contribution in [-0.2, 0) is 9.53 Å². The minimum absolute atomic E-state index is 0.259. The molecule has 0 aliphatic carbocycles. The Bertz CT molecular complexity index is 913. The monoisotopic (exact) mass is 337 g/mol. The second-order valence-electron chi connectivity index (χ2n) is 5.39. The summed E-state index contributed by atoms with van der Waals surface area (Å²) in [5.74, 6) is 0.614. The standard InChI is InChI=1S/C19H12ClNO3/c20-15-6-7-17-14(10-15)8-12(11-23-17)9-16-19(22)24-18(21-16)13-4-2-1-3-5-13/h1-10H,11H2. The van der Waals surface area contributed by atoms with E-state index in [1.807, 2.05) is 48.5 Å². The van der Waals surface area contributed by atoms with Crippen LogP contribution in [0.25, 0.3) is 6.08 Å². The summed E-state index contributed by atoms with van der Waals surface area (Å²) in [7, 11) is 0. The minimum atomic E-state index is -0.466. The van der Waals surface area contributed by atoms with Gasteiger partial charge in [-0.2, -0.15) is 0 Å². The molecule has 2 aromatic carbocycles. The number of benzene rings is 2. The molecule has 2 heterocycles. The zero-order chi connectivity index (χ0) is 16.5. The van der Waals surface area contributed by atoms with E-state index in [0.29, 0.717) is 17.5 Å². The van der Waals surface area contributed by atoms with Crippen molar-refractivity contribution in [3.05, 3.63) is 82.0 Å². The molecule has 0 saturated heterocycles. The molecule has 0 N–H and O–H groups in total. The van der Waals surface area contributed by atoms with Gasteiger partial charge in [0.05, 0.1) is 0 Å². The number of hydrogen-bond donors (Lipinski definition) is 0. The van der Waals surface area contributed by atoms with Gasteiger partial charge in [0.15, 0.2) is 5.70 Å². The van der Waals surface area contributed by atoms with E-state index in [9.17, 15) is 4.79 Å². The summed E-state index contributed by atoms with van der Waals surface area (Å²) in [5, 5.41) is 0.632. The zero-order valence-electron chi connectivity index (χ0n) is 12.5. The lowest BCUT2D eigenvalue weighted by Crippen LogP contribution is -2.08. The minimum Gasteiger partial charge on any atom is -0.488 e. The maximum absolute atomic E-state index is 12.0. The Morgan fingerprint density at radius 1 is 1.12 bits per heavy atom. The lowest BCUT2D eigenvalue weighted by atomic mass is 10.1. The largest absolute Gasteiger partial charge is 0.488 e. The van der Waals surface area contributed by atoms with Gasteiger partial charge in [-0.15, -0.1) is 0 Å². The van der Waals surface area contributed by atoms with Crippen LogP contribution in [-0.4, -0.2) is 18.5 Å². The number of halogens is 1. The van der Waals surface area contributed by atoms with Gasteiger partial charge in [0.25, 0.3) is 0 Å². The molecule has 0 bridgehead atoms. The van der Waals surface area contributed by atoms with E-state index >= 15 is 0 Å². The second-order valence-corrected chi connectivity index (χ2v) is 5.83. The highest BCUT2D eigenvalue weighted by Gasteiger charge is 2.24. The van der Waals surface area contributed by atoms with Gasteiger partial charge in [-0.05, 0) is 48.1 Å². The third-order valence-corrected chi connectivity index (χ3v) is 3.91. The Morgan fingerprint density at radius 2 is 1.96 bits per heavy atom. The number of esters is 1. The fourth-order valence-electron chi connectivity index (χ4n) is 2.54. The van der Waals surface area contributed by atoms with Crippen molar-refractivity contribution in [2.45, 2.75) is 0 Å². The maximum Gasteiger partial charge on any atom is 0.363 e. The van der Waals surface area contributed by atoms with E-state index in [-0.39, 0.29) is 5.70 Å². The van der Waals surface area contributed by atoms with Crippen LogP contribution < -0.4 is 4.74 Å². The molecule has 4 rings (SSSR count). The molecule has 2 aliphatic rings. The quantitative estimate of drug-likeness (QED) is 0.614. The van der Waals surface area contributed by atoms with Crippen LogP contribution in [0.3, 0.4) is 0 Å². The van der Waals surface area contributed by atoms with Crippen LogP contribution in [0.4, 0.5) is 0 Å². The molecule has 118 valence electrons. The van der Waals surface area contributed by atoms with E-state index in [1.165, 1.54) is 0 Å². The molecule has 0 aromatic heterocycles. The average molecular weight is 338 g/mol. The Balaban J connectivity index is 1.66. The summed E-state index contributed by atoms with van der Waals surface area (Å²) in [6.07, 6.45) is 3.61. The first-order valence-electron chi connectivity index (χ1n) is 7.40. The van der Waals surface area contributed by atoms with E-state index in [1.54, 1.807) is 12.1 Å². The number of rotatable bonds is 2. The molecule has 2 aromatic rings. The van der Waals surface area contributed by atoms with Crippen molar-refractivity contribution >= 4 is 29.5 Å². The Kier molecular flexibility index (Phi) is 3.67. The number of carbonyl (C=O) groups is 1. The van der Waals surface area contributed by atoms with Gasteiger partial charge < -0.3 is 9.47 Å². The summed E-state index contributed by atoms with van der Waals surface area (Å²) < 4.78 is 10.9. The predicted octanol–water partition coefficient (Wildman–Crippen LogP) is 4.00. The highest BCUT2D eigenvalue weighted by atomic mass is 35.5. The Morgan fingerprint density at radius 3 is 2.79 bits per heavy atom. The van der Waals surface area contributed by atoms with Crippen LogP contribution >= 0.6 is 11.6 Å². The van der Waals surface area contributed by atoms with Crippen LogP contribution in [0.2, 0.25) is 5.02 Å². The van der Waals surface area contributed by atoms with Crippen LogP contribution in [0, 0.1) is 0 Å². The van der Waals surface area contributed by atoms with Crippen molar-refractivity contribution in [1.82, 2.24) is 0 Å². The number of fused-ring (bicyclic) bond motifs is 1. The summed E-state index contributed by atoms with van der Waals surface area (Å²) in [6, 6.07) is 14.7. The summed E-state index contributed by atoms with van der Waals surface area (Å²) in [6.45, 7) is 0.363. The van der Waals surface area contributed by atoms with Gasteiger partial charge in [-0.1, -0.05) is 29.8 Å². The van der Waals surface area contributed by atoms with Crippen molar-refractivity contribution in [3.63, 3.8) is 0 Å². The zero-order valence-corrected chi connectivity index (χ0v) is 13.3. The number of carbonyl (C=O) groups excluding carboxylic acids is 1. The normalized spacial score (nSPS) is 17.7. The molecule has 0 amide bonds. The van der Waals surface area contributed by atoms with Crippen molar-refractivity contribution in [3.8, 4) is 5.75 Å². The number of ether oxygens (including phenoxy) is 2. The van der Waals surface area contributed by atoms with Gasteiger partial charge in [-0.25, -0.2) is 9.79 Å². The number of nitrogens with zero attached hydrogens (tertiary/aromatic N) is 1. The third-order valence-electron chi connectivity index (χ3n) is 3.67. The van der Waals surface area contributed by atoms with Gasteiger partial charge in [0, 0.05) is 16.1 Å². The van der Waals surface area contributed by atoms with Crippen molar-refractivity contribution in [2.24, 2.45) is 4.99 Å². The van der Waals surface area contributed by atoms with E-state index in [0.717, 1.165) is 22.4 Å². The number of hydrogen-bond acceptors (Lipinski definition) is 4. The SMILES string of the molecule is O=C1OC(c2ccccc2)=NC1=CC1=Cc2cc(Cl)ccc2OC1. The summed E-state index contributed by atoms with van der Waals surface area (Å²) in [4.78, 5) is 16.3. The lowest BCUT2D eigenvalue weighted by Gasteiger charge is -2.16. The molecule has 0 spiro atoms. The average Bonchev–Trinajstić information content (AvgIpc) is 2.96. The first-order valence-corrected chi connectivity index (χ1v) is 7.78. The lowest BCUT2D eigenvalue weighted by molar-refractivity contribution is -0.130. The first-order chi connectivity index (χ1) is 11.7. The number of aliphatic imine (C=N–C) groups is 1. The molecule has 24 heavy (non-hydrogen) atoms. The molecule has 0 fully saturated rings. The van der Waals surface area contributed by atoms with Crippen LogP contribution in [0.15, 0.2) is 70.9 Å². The highest BCUT2D eigenvalue weighted by Crippen LogP contribution is 2.30. The van der Waals surface area contributed by atoms with E-state index in [2.05, 4.69) is 4.99 Å². The van der Waals surface area contributed by atoms with Crippen LogP contribution in [0.1, 0.15) is 11.1 Å².